The molecule has 0 fully saturated rings. The highest BCUT2D eigenvalue weighted by Crippen LogP contribution is 2.16. The van der Waals surface area contributed by atoms with Crippen LogP contribution in [0, 0.1) is 5.92 Å². The number of hydrogen-bond acceptors (Lipinski definition) is 5. The number of rotatable bonds is 9. The number of carboxylic acids is 1. The normalized spacial score (nSPS) is 12.0. The van der Waals surface area contributed by atoms with Gasteiger partial charge in [-0.25, -0.2) is 4.79 Å². The Bertz CT molecular complexity index is 861. The summed E-state index contributed by atoms with van der Waals surface area (Å²) in [5, 5.41) is 9.64. The first-order chi connectivity index (χ1) is 14.6. The van der Waals surface area contributed by atoms with Gasteiger partial charge in [0.1, 0.15) is 12.2 Å². The van der Waals surface area contributed by atoms with Gasteiger partial charge >= 0.3 is 18.0 Å². The lowest BCUT2D eigenvalue weighted by molar-refractivity contribution is -0.160. The fourth-order valence-electron chi connectivity index (χ4n) is 2.90. The highest BCUT2D eigenvalue weighted by molar-refractivity contribution is 5.80. The SMILES string of the molecule is CC(C)(C)OC(=O)C[C@H](CN(Cc1ccccc1)C(=O)OCc1ccccc1)C(=O)O. The molecule has 1 amide bonds. The summed E-state index contributed by atoms with van der Waals surface area (Å²) in [5.41, 5.74) is 0.915. The maximum Gasteiger partial charge on any atom is 0.410 e. The van der Waals surface area contributed by atoms with E-state index in [1.165, 1.54) is 4.90 Å². The van der Waals surface area contributed by atoms with Gasteiger partial charge in [-0.2, -0.15) is 0 Å². The van der Waals surface area contributed by atoms with Gasteiger partial charge in [-0.1, -0.05) is 60.7 Å². The molecule has 0 radical (unpaired) electrons. The Kier molecular flexibility index (Phi) is 8.61. The molecule has 7 heteroatoms. The lowest BCUT2D eigenvalue weighted by atomic mass is 10.0. The van der Waals surface area contributed by atoms with Crippen LogP contribution in [0.4, 0.5) is 4.79 Å². The first-order valence-corrected chi connectivity index (χ1v) is 10.1. The molecular formula is C24H29NO6. The standard InChI is InChI=1S/C24H29NO6/c1-24(2,3)31-21(26)14-20(22(27)28)16-25(15-18-10-6-4-7-11-18)23(29)30-17-19-12-8-5-9-13-19/h4-13,20H,14-17H2,1-3H3,(H,27,28)/t20-/m1/s1. The summed E-state index contributed by atoms with van der Waals surface area (Å²) >= 11 is 0. The predicted octanol–water partition coefficient (Wildman–Crippen LogP) is 4.26. The fraction of sp³-hybridized carbons (Fsp3) is 0.375. The van der Waals surface area contributed by atoms with Crippen molar-refractivity contribution in [1.29, 1.82) is 0 Å². The van der Waals surface area contributed by atoms with E-state index >= 15 is 0 Å². The topological polar surface area (TPSA) is 93.1 Å². The largest absolute Gasteiger partial charge is 0.481 e. The van der Waals surface area contributed by atoms with E-state index in [9.17, 15) is 19.5 Å². The predicted molar refractivity (Wildman–Crippen MR) is 115 cm³/mol. The summed E-state index contributed by atoms with van der Waals surface area (Å²) in [6.45, 7) is 5.18. The van der Waals surface area contributed by atoms with E-state index in [2.05, 4.69) is 0 Å². The lowest BCUT2D eigenvalue weighted by Gasteiger charge is -2.26. The van der Waals surface area contributed by atoms with Crippen LogP contribution in [0.15, 0.2) is 60.7 Å². The van der Waals surface area contributed by atoms with Crippen molar-refractivity contribution in [3.8, 4) is 0 Å². The van der Waals surface area contributed by atoms with E-state index in [4.69, 9.17) is 9.47 Å². The van der Waals surface area contributed by atoms with Crippen LogP contribution in [0.2, 0.25) is 0 Å². The molecule has 0 aromatic heterocycles. The van der Waals surface area contributed by atoms with Gasteiger partial charge in [0.05, 0.1) is 12.3 Å². The minimum Gasteiger partial charge on any atom is -0.481 e. The molecule has 0 unspecified atom stereocenters. The van der Waals surface area contributed by atoms with E-state index in [0.29, 0.717) is 0 Å². The Morgan fingerprint density at radius 3 is 2.00 bits per heavy atom. The molecule has 1 atom stereocenters. The highest BCUT2D eigenvalue weighted by Gasteiger charge is 2.29. The van der Waals surface area contributed by atoms with Crippen molar-refractivity contribution in [2.75, 3.05) is 6.54 Å². The zero-order valence-corrected chi connectivity index (χ0v) is 18.1. The second-order valence-electron chi connectivity index (χ2n) is 8.23. The van der Waals surface area contributed by atoms with Crippen LogP contribution in [0.5, 0.6) is 0 Å². The fourth-order valence-corrected chi connectivity index (χ4v) is 2.90. The smallest absolute Gasteiger partial charge is 0.410 e. The van der Waals surface area contributed by atoms with Gasteiger partial charge < -0.3 is 19.5 Å². The number of hydrogen-bond donors (Lipinski definition) is 1. The van der Waals surface area contributed by atoms with E-state index in [1.807, 2.05) is 60.7 Å². The third-order valence-electron chi connectivity index (χ3n) is 4.30. The minimum atomic E-state index is -1.18. The summed E-state index contributed by atoms with van der Waals surface area (Å²) in [5.74, 6) is -2.93. The second-order valence-corrected chi connectivity index (χ2v) is 8.23. The molecule has 2 aromatic carbocycles. The molecule has 31 heavy (non-hydrogen) atoms. The highest BCUT2D eigenvalue weighted by atomic mass is 16.6. The quantitative estimate of drug-likeness (QED) is 0.601. The van der Waals surface area contributed by atoms with Crippen LogP contribution in [0.1, 0.15) is 38.3 Å². The molecular weight excluding hydrogens is 398 g/mol. The Labute approximate surface area is 182 Å². The van der Waals surface area contributed by atoms with Gasteiger partial charge in [0.15, 0.2) is 0 Å². The minimum absolute atomic E-state index is 0.0643. The molecule has 0 spiro atoms. The maximum absolute atomic E-state index is 12.8. The molecule has 0 saturated carbocycles. The molecule has 2 rings (SSSR count). The molecule has 0 aliphatic rings. The molecule has 0 aliphatic heterocycles. The van der Waals surface area contributed by atoms with Crippen molar-refractivity contribution < 1.29 is 29.0 Å². The van der Waals surface area contributed by atoms with Crippen LogP contribution in [-0.4, -0.2) is 40.2 Å². The molecule has 7 nitrogen and oxygen atoms in total. The van der Waals surface area contributed by atoms with Gasteiger partial charge in [-0.15, -0.1) is 0 Å². The van der Waals surface area contributed by atoms with Gasteiger partial charge in [-0.05, 0) is 31.9 Å². The van der Waals surface area contributed by atoms with E-state index in [-0.39, 0.29) is 26.1 Å². The average Bonchev–Trinajstić information content (AvgIpc) is 2.71. The van der Waals surface area contributed by atoms with E-state index in [0.717, 1.165) is 11.1 Å². The molecule has 166 valence electrons. The van der Waals surface area contributed by atoms with Gasteiger partial charge in [0.2, 0.25) is 0 Å². The number of carbonyl (C=O) groups excluding carboxylic acids is 2. The lowest BCUT2D eigenvalue weighted by Crippen LogP contribution is -2.39. The van der Waals surface area contributed by atoms with E-state index < -0.39 is 29.6 Å². The number of nitrogens with zero attached hydrogens (tertiary/aromatic N) is 1. The number of carboxylic acid groups (broad SMARTS) is 1. The Hall–Kier alpha value is -3.35. The number of amides is 1. The average molecular weight is 427 g/mol. The van der Waals surface area contributed by atoms with Crippen molar-refractivity contribution in [1.82, 2.24) is 4.90 Å². The number of esters is 1. The first kappa shape index (κ1) is 23.9. The molecule has 0 bridgehead atoms. The van der Waals surface area contributed by atoms with Gasteiger partial charge in [0.25, 0.3) is 0 Å². The van der Waals surface area contributed by atoms with Crippen molar-refractivity contribution >= 4 is 18.0 Å². The second kappa shape index (κ2) is 11.2. The molecule has 1 N–H and O–H groups in total. The number of benzene rings is 2. The molecule has 0 saturated heterocycles. The molecule has 0 heterocycles. The van der Waals surface area contributed by atoms with Crippen LogP contribution in [0.25, 0.3) is 0 Å². The third kappa shape index (κ3) is 8.90. The van der Waals surface area contributed by atoms with Crippen molar-refractivity contribution in [2.45, 2.75) is 45.9 Å². The summed E-state index contributed by atoms with van der Waals surface area (Å²) in [7, 11) is 0. The Morgan fingerprint density at radius 2 is 1.48 bits per heavy atom. The number of carbonyl (C=O) groups is 3. The number of ether oxygens (including phenoxy) is 2. The van der Waals surface area contributed by atoms with E-state index in [1.54, 1.807) is 20.8 Å². The Morgan fingerprint density at radius 1 is 0.935 bits per heavy atom. The summed E-state index contributed by atoms with van der Waals surface area (Å²) in [6, 6.07) is 18.4. The van der Waals surface area contributed by atoms with Crippen LogP contribution in [-0.2, 0) is 32.2 Å². The summed E-state index contributed by atoms with van der Waals surface area (Å²) in [6.07, 6.45) is -0.993. The number of aliphatic carboxylic acids is 1. The third-order valence-corrected chi connectivity index (χ3v) is 4.30. The van der Waals surface area contributed by atoms with Crippen LogP contribution in [0.3, 0.4) is 0 Å². The van der Waals surface area contributed by atoms with Crippen molar-refractivity contribution in [3.63, 3.8) is 0 Å². The van der Waals surface area contributed by atoms with Crippen molar-refractivity contribution in [3.05, 3.63) is 71.8 Å². The first-order valence-electron chi connectivity index (χ1n) is 10.1. The van der Waals surface area contributed by atoms with Crippen molar-refractivity contribution in [2.24, 2.45) is 5.92 Å². The van der Waals surface area contributed by atoms with Gasteiger partial charge in [0, 0.05) is 13.1 Å². The van der Waals surface area contributed by atoms with Crippen LogP contribution >= 0.6 is 0 Å². The zero-order valence-electron chi connectivity index (χ0n) is 18.1. The maximum atomic E-state index is 12.8. The van der Waals surface area contributed by atoms with Gasteiger partial charge in [-0.3, -0.25) is 9.59 Å². The molecule has 2 aromatic rings. The monoisotopic (exact) mass is 427 g/mol. The summed E-state index contributed by atoms with van der Waals surface area (Å²) < 4.78 is 10.7. The molecule has 0 aliphatic carbocycles. The zero-order chi connectivity index (χ0) is 22.9. The van der Waals surface area contributed by atoms with Crippen LogP contribution < -0.4 is 0 Å². The summed E-state index contributed by atoms with van der Waals surface area (Å²) in [4.78, 5) is 38.1. The Balaban J connectivity index is 2.12.